The molecule has 8 heteroatoms. The Balaban J connectivity index is 1.61. The highest BCUT2D eigenvalue weighted by Gasteiger charge is 2.23. The third-order valence-electron chi connectivity index (χ3n) is 5.21. The third-order valence-corrected chi connectivity index (χ3v) is 5.21. The van der Waals surface area contributed by atoms with Gasteiger partial charge in [0, 0.05) is 24.7 Å². The van der Waals surface area contributed by atoms with Gasteiger partial charge in [-0.25, -0.2) is 0 Å². The van der Waals surface area contributed by atoms with Crippen LogP contribution < -0.4 is 15.0 Å². The summed E-state index contributed by atoms with van der Waals surface area (Å²) in [6, 6.07) is 12.2. The van der Waals surface area contributed by atoms with Crippen LogP contribution in [0.4, 0.5) is 11.4 Å². The molecule has 1 N–H and O–H groups in total. The molecule has 1 fully saturated rings. The van der Waals surface area contributed by atoms with Crippen LogP contribution in [0.25, 0.3) is 0 Å². The first-order valence-corrected chi connectivity index (χ1v) is 10.5. The number of hydrogen-bond donors (Lipinski definition) is 1. The smallest absolute Gasteiger partial charge is 0.293 e. The minimum atomic E-state index is -0.449. The van der Waals surface area contributed by atoms with Crippen LogP contribution in [-0.4, -0.2) is 49.8 Å². The Labute approximate surface area is 182 Å². The molecule has 1 saturated heterocycles. The van der Waals surface area contributed by atoms with Gasteiger partial charge in [0.25, 0.3) is 11.6 Å². The fourth-order valence-corrected chi connectivity index (χ4v) is 3.40. The van der Waals surface area contributed by atoms with Gasteiger partial charge in [0.1, 0.15) is 18.0 Å². The minimum Gasteiger partial charge on any atom is -0.491 e. The second kappa shape index (κ2) is 10.3. The Kier molecular flexibility index (Phi) is 7.46. The van der Waals surface area contributed by atoms with E-state index in [1.165, 1.54) is 11.6 Å². The molecule has 0 radical (unpaired) electrons. The molecule has 8 nitrogen and oxygen atoms in total. The number of benzene rings is 2. The summed E-state index contributed by atoms with van der Waals surface area (Å²) in [5, 5.41) is 14.4. The first-order chi connectivity index (χ1) is 14.8. The lowest BCUT2D eigenvalue weighted by Gasteiger charge is -2.28. The van der Waals surface area contributed by atoms with Gasteiger partial charge in [-0.05, 0) is 42.7 Å². The van der Waals surface area contributed by atoms with E-state index in [0.717, 1.165) is 5.75 Å². The van der Waals surface area contributed by atoms with E-state index < -0.39 is 4.92 Å². The van der Waals surface area contributed by atoms with E-state index in [4.69, 9.17) is 9.47 Å². The number of nitrogens with zero attached hydrogens (tertiary/aromatic N) is 2. The Morgan fingerprint density at radius 1 is 1.16 bits per heavy atom. The summed E-state index contributed by atoms with van der Waals surface area (Å²) in [4.78, 5) is 25.7. The van der Waals surface area contributed by atoms with Crippen LogP contribution in [0.1, 0.15) is 42.6 Å². The number of nitro groups is 1. The van der Waals surface area contributed by atoms with Gasteiger partial charge in [0.05, 0.1) is 24.2 Å². The molecule has 0 saturated carbocycles. The van der Waals surface area contributed by atoms with Gasteiger partial charge in [-0.15, -0.1) is 0 Å². The van der Waals surface area contributed by atoms with Crippen molar-refractivity contribution < 1.29 is 19.2 Å². The lowest BCUT2D eigenvalue weighted by molar-refractivity contribution is -0.384. The number of morpholine rings is 1. The first-order valence-electron chi connectivity index (χ1n) is 10.5. The van der Waals surface area contributed by atoms with Crippen LogP contribution in [0.3, 0.4) is 0 Å². The second-order valence-electron chi connectivity index (χ2n) is 7.97. The van der Waals surface area contributed by atoms with Crippen molar-refractivity contribution >= 4 is 17.3 Å². The van der Waals surface area contributed by atoms with E-state index >= 15 is 0 Å². The number of rotatable bonds is 8. The zero-order chi connectivity index (χ0) is 22.4. The molecule has 0 aromatic heterocycles. The molecule has 0 aliphatic carbocycles. The molecule has 166 valence electrons. The topological polar surface area (TPSA) is 93.9 Å². The van der Waals surface area contributed by atoms with Crippen LogP contribution in [0.2, 0.25) is 0 Å². The number of ether oxygens (including phenoxy) is 2. The molecule has 0 spiro atoms. The van der Waals surface area contributed by atoms with Crippen LogP contribution in [-0.2, 0) is 4.74 Å². The molecule has 1 aliphatic rings. The van der Waals surface area contributed by atoms with Crippen molar-refractivity contribution in [2.45, 2.75) is 32.7 Å². The van der Waals surface area contributed by atoms with Gasteiger partial charge in [0.15, 0.2) is 0 Å². The summed E-state index contributed by atoms with van der Waals surface area (Å²) in [6.45, 7) is 8.60. The van der Waals surface area contributed by atoms with Crippen molar-refractivity contribution in [3.8, 4) is 5.75 Å². The fraction of sp³-hybridized carbons (Fsp3) is 0.435. The number of hydrogen-bond acceptors (Lipinski definition) is 6. The van der Waals surface area contributed by atoms with E-state index in [1.54, 1.807) is 12.1 Å². The number of anilines is 1. The average molecular weight is 428 g/mol. The van der Waals surface area contributed by atoms with Crippen LogP contribution in [0, 0.1) is 10.1 Å². The van der Waals surface area contributed by atoms with Gasteiger partial charge in [-0.1, -0.05) is 26.0 Å². The van der Waals surface area contributed by atoms with Gasteiger partial charge >= 0.3 is 0 Å². The summed E-state index contributed by atoms with van der Waals surface area (Å²) >= 11 is 0. The average Bonchev–Trinajstić information content (AvgIpc) is 2.78. The fourth-order valence-electron chi connectivity index (χ4n) is 3.40. The molecule has 1 atom stereocenters. The van der Waals surface area contributed by atoms with Crippen molar-refractivity contribution in [2.24, 2.45) is 0 Å². The van der Waals surface area contributed by atoms with E-state index in [1.807, 2.05) is 36.1 Å². The maximum Gasteiger partial charge on any atom is 0.293 e. The number of amides is 1. The first kappa shape index (κ1) is 22.6. The summed E-state index contributed by atoms with van der Waals surface area (Å²) in [5.41, 5.74) is 1.91. The summed E-state index contributed by atoms with van der Waals surface area (Å²) in [5.74, 6) is 0.810. The van der Waals surface area contributed by atoms with Crippen LogP contribution in [0.15, 0.2) is 42.5 Å². The molecule has 0 bridgehead atoms. The predicted octanol–water partition coefficient (Wildman–Crippen LogP) is 3.75. The molecular weight excluding hydrogens is 398 g/mol. The molecule has 1 amide bonds. The summed E-state index contributed by atoms with van der Waals surface area (Å²) in [7, 11) is 0. The molecule has 2 aromatic carbocycles. The standard InChI is InChI=1S/C23H29N3O5/c1-16(2)18-4-7-20(8-5-18)31-15-17(3)24-23(27)19-6-9-21(22(14-19)26(28)29)25-10-12-30-13-11-25/h4-9,14,16-17H,10-13,15H2,1-3H3,(H,24,27)/t17-/m1/s1. The van der Waals surface area contributed by atoms with Gasteiger partial charge < -0.3 is 19.7 Å². The van der Waals surface area contributed by atoms with Gasteiger partial charge in [-0.2, -0.15) is 0 Å². The quantitative estimate of drug-likeness (QED) is 0.509. The maximum absolute atomic E-state index is 12.6. The second-order valence-corrected chi connectivity index (χ2v) is 7.97. The SMILES string of the molecule is CC(C)c1ccc(OC[C@@H](C)NC(=O)c2ccc(N3CCOCC3)c([N+](=O)[O-])c2)cc1. The van der Waals surface area contributed by atoms with Crippen LogP contribution >= 0.6 is 0 Å². The summed E-state index contributed by atoms with van der Waals surface area (Å²) in [6.07, 6.45) is 0. The Morgan fingerprint density at radius 3 is 2.45 bits per heavy atom. The highest BCUT2D eigenvalue weighted by atomic mass is 16.6. The van der Waals surface area contributed by atoms with E-state index in [2.05, 4.69) is 19.2 Å². The molecule has 2 aromatic rings. The molecule has 0 unspecified atom stereocenters. The van der Waals surface area contributed by atoms with Crippen molar-refractivity contribution in [1.29, 1.82) is 0 Å². The Morgan fingerprint density at radius 2 is 1.84 bits per heavy atom. The number of nitro benzene ring substituents is 1. The van der Waals surface area contributed by atoms with Crippen molar-refractivity contribution in [3.05, 3.63) is 63.7 Å². The van der Waals surface area contributed by atoms with E-state index in [0.29, 0.717) is 44.5 Å². The molecule has 31 heavy (non-hydrogen) atoms. The number of carbonyl (C=O) groups is 1. The number of carbonyl (C=O) groups excluding carboxylic acids is 1. The minimum absolute atomic E-state index is 0.0799. The normalized spacial score (nSPS) is 14.9. The van der Waals surface area contributed by atoms with Crippen molar-refractivity contribution in [2.75, 3.05) is 37.8 Å². The molecule has 1 aliphatic heterocycles. The van der Waals surface area contributed by atoms with Crippen molar-refractivity contribution in [3.63, 3.8) is 0 Å². The largest absolute Gasteiger partial charge is 0.491 e. The van der Waals surface area contributed by atoms with Crippen molar-refractivity contribution in [1.82, 2.24) is 5.32 Å². The number of nitrogens with one attached hydrogen (secondary N) is 1. The monoisotopic (exact) mass is 427 g/mol. The molecule has 1 heterocycles. The Hall–Kier alpha value is -3.13. The zero-order valence-electron chi connectivity index (χ0n) is 18.2. The third kappa shape index (κ3) is 5.95. The van der Waals surface area contributed by atoms with E-state index in [9.17, 15) is 14.9 Å². The lowest BCUT2D eigenvalue weighted by Crippen LogP contribution is -2.37. The highest BCUT2D eigenvalue weighted by Crippen LogP contribution is 2.30. The lowest BCUT2D eigenvalue weighted by atomic mass is 10.0. The Bertz CT molecular complexity index is 908. The van der Waals surface area contributed by atoms with Crippen LogP contribution in [0.5, 0.6) is 5.75 Å². The molecule has 3 rings (SSSR count). The maximum atomic E-state index is 12.6. The predicted molar refractivity (Wildman–Crippen MR) is 119 cm³/mol. The van der Waals surface area contributed by atoms with Gasteiger partial charge in [0.2, 0.25) is 0 Å². The van der Waals surface area contributed by atoms with E-state index in [-0.39, 0.29) is 23.2 Å². The molecular formula is C23H29N3O5. The summed E-state index contributed by atoms with van der Waals surface area (Å²) < 4.78 is 11.1. The van der Waals surface area contributed by atoms with Gasteiger partial charge in [-0.3, -0.25) is 14.9 Å². The highest BCUT2D eigenvalue weighted by molar-refractivity contribution is 5.96. The zero-order valence-corrected chi connectivity index (χ0v) is 18.2.